The maximum atomic E-state index is 12.0. The van der Waals surface area contributed by atoms with Crippen molar-refractivity contribution < 1.29 is 14.7 Å². The summed E-state index contributed by atoms with van der Waals surface area (Å²) in [4.78, 5) is 13.6. The van der Waals surface area contributed by atoms with E-state index in [1.807, 2.05) is 27.7 Å². The first kappa shape index (κ1) is 13.8. The Balaban J connectivity index is 2.79. The number of ether oxygens (including phenoxy) is 1. The van der Waals surface area contributed by atoms with Gasteiger partial charge in [0, 0.05) is 6.54 Å². The van der Waals surface area contributed by atoms with Crippen molar-refractivity contribution in [2.75, 3.05) is 6.54 Å². The molecule has 1 amide bonds. The highest BCUT2D eigenvalue weighted by molar-refractivity contribution is 5.90. The maximum Gasteiger partial charge on any atom is 0.410 e. The molecule has 1 N–H and O–H groups in total. The fraction of sp³-hybridized carbons (Fsp3) is 0.833. The van der Waals surface area contributed by atoms with Gasteiger partial charge in [-0.1, -0.05) is 12.1 Å². The Labute approximate surface area is 102 Å². The predicted octanol–water partition coefficient (Wildman–Crippen LogP) is 2.48. The molecule has 0 aromatic heterocycles. The third-order valence-corrected chi connectivity index (χ3v) is 2.91. The van der Waals surface area contributed by atoms with E-state index >= 15 is 0 Å². The van der Waals surface area contributed by atoms with Crippen LogP contribution < -0.4 is 0 Å². The second kappa shape index (κ2) is 4.94. The molecular formula is C12H22N2O3. The summed E-state index contributed by atoms with van der Waals surface area (Å²) in [6, 6.07) is -0.158. The number of hydrogen-bond acceptors (Lipinski definition) is 4. The largest absolute Gasteiger partial charge is 0.444 e. The van der Waals surface area contributed by atoms with Crippen molar-refractivity contribution in [3.8, 4) is 0 Å². The van der Waals surface area contributed by atoms with Gasteiger partial charge in [-0.25, -0.2) is 4.79 Å². The molecule has 0 saturated carbocycles. The summed E-state index contributed by atoms with van der Waals surface area (Å²) in [6.45, 7) is 9.94. The average molecular weight is 242 g/mol. The predicted molar refractivity (Wildman–Crippen MR) is 65.4 cm³/mol. The molecule has 0 bridgehead atoms. The quantitative estimate of drug-likeness (QED) is 0.436. The van der Waals surface area contributed by atoms with Crippen LogP contribution in [-0.2, 0) is 4.74 Å². The number of oxime groups is 1. The van der Waals surface area contributed by atoms with Gasteiger partial charge in [0.15, 0.2) is 0 Å². The molecule has 1 saturated heterocycles. The van der Waals surface area contributed by atoms with Crippen LogP contribution in [0.15, 0.2) is 5.16 Å². The van der Waals surface area contributed by atoms with E-state index in [9.17, 15) is 4.79 Å². The van der Waals surface area contributed by atoms with Crippen molar-refractivity contribution >= 4 is 11.8 Å². The Bertz CT molecular complexity index is 320. The van der Waals surface area contributed by atoms with Gasteiger partial charge in [0.05, 0.1) is 11.8 Å². The highest BCUT2D eigenvalue weighted by Gasteiger charge is 2.38. The summed E-state index contributed by atoms with van der Waals surface area (Å²) in [6.07, 6.45) is 0.561. The number of rotatable bonds is 1. The third kappa shape index (κ3) is 3.35. The fourth-order valence-electron chi connectivity index (χ4n) is 2.17. The highest BCUT2D eigenvalue weighted by Crippen LogP contribution is 2.26. The van der Waals surface area contributed by atoms with Crippen LogP contribution in [0, 0.1) is 5.92 Å². The molecule has 0 radical (unpaired) electrons. The van der Waals surface area contributed by atoms with Crippen LogP contribution in [0.3, 0.4) is 0 Å². The van der Waals surface area contributed by atoms with E-state index in [1.165, 1.54) is 0 Å². The first-order chi connectivity index (χ1) is 7.76. The van der Waals surface area contributed by atoms with Crippen molar-refractivity contribution in [1.82, 2.24) is 4.90 Å². The molecule has 1 fully saturated rings. The molecule has 1 aliphatic heterocycles. The van der Waals surface area contributed by atoms with Gasteiger partial charge in [0.2, 0.25) is 0 Å². The molecule has 0 unspecified atom stereocenters. The van der Waals surface area contributed by atoms with Crippen LogP contribution in [0.5, 0.6) is 0 Å². The van der Waals surface area contributed by atoms with E-state index in [0.29, 0.717) is 18.2 Å². The Morgan fingerprint density at radius 3 is 2.53 bits per heavy atom. The summed E-state index contributed by atoms with van der Waals surface area (Å²) in [5.74, 6) is 0.290. The van der Waals surface area contributed by atoms with Crippen molar-refractivity contribution in [3.05, 3.63) is 0 Å². The number of nitrogens with zero attached hydrogens (tertiary/aromatic N) is 2. The smallest absolute Gasteiger partial charge is 0.410 e. The molecule has 17 heavy (non-hydrogen) atoms. The summed E-state index contributed by atoms with van der Waals surface area (Å²) < 4.78 is 5.35. The first-order valence-corrected chi connectivity index (χ1v) is 5.94. The number of hydrogen-bond donors (Lipinski definition) is 1. The minimum absolute atomic E-state index is 0.158. The first-order valence-electron chi connectivity index (χ1n) is 5.94. The number of carbonyl (C=O) groups is 1. The molecule has 0 aromatic rings. The second-order valence-corrected chi connectivity index (χ2v) is 5.63. The van der Waals surface area contributed by atoms with Crippen molar-refractivity contribution in [2.24, 2.45) is 11.1 Å². The van der Waals surface area contributed by atoms with Gasteiger partial charge in [-0.3, -0.25) is 4.90 Å². The monoisotopic (exact) mass is 242 g/mol. The molecule has 1 rings (SSSR count). The van der Waals surface area contributed by atoms with Crippen LogP contribution in [0.2, 0.25) is 0 Å². The Hall–Kier alpha value is -1.26. The lowest BCUT2D eigenvalue weighted by Gasteiger charge is -2.29. The number of carbonyl (C=O) groups excluding carboxylic acids is 1. The molecule has 5 nitrogen and oxygen atoms in total. The summed E-state index contributed by atoms with van der Waals surface area (Å²) in [5.41, 5.74) is 0.0541. The number of likely N-dealkylation sites (tertiary alicyclic amines) is 1. The van der Waals surface area contributed by atoms with Crippen molar-refractivity contribution in [2.45, 2.75) is 52.7 Å². The lowest BCUT2D eigenvalue weighted by molar-refractivity contribution is 0.0254. The highest BCUT2D eigenvalue weighted by atomic mass is 16.6. The van der Waals surface area contributed by atoms with Crippen LogP contribution in [0.1, 0.15) is 41.0 Å². The van der Waals surface area contributed by atoms with E-state index in [4.69, 9.17) is 9.94 Å². The molecule has 2 atom stereocenters. The van der Waals surface area contributed by atoms with E-state index in [0.717, 1.165) is 6.42 Å². The molecule has 0 spiro atoms. The van der Waals surface area contributed by atoms with Crippen molar-refractivity contribution in [1.29, 1.82) is 0 Å². The topological polar surface area (TPSA) is 62.1 Å². The SMILES string of the molecule is C/C(=N/O)[C@@H]1[C@@H](C)CCN1C(=O)OC(C)(C)C. The molecule has 0 aliphatic carbocycles. The van der Waals surface area contributed by atoms with Gasteiger partial charge in [0.25, 0.3) is 0 Å². The van der Waals surface area contributed by atoms with Gasteiger partial charge in [-0.2, -0.15) is 0 Å². The zero-order chi connectivity index (χ0) is 13.2. The zero-order valence-electron chi connectivity index (χ0n) is 11.2. The standard InChI is InChI=1S/C12H22N2O3/c1-8-6-7-14(10(8)9(2)13-16)11(15)17-12(3,4)5/h8,10,16H,6-7H2,1-5H3/b13-9-/t8-,10-/m0/s1. The van der Waals surface area contributed by atoms with E-state index in [-0.39, 0.29) is 12.1 Å². The molecule has 5 heteroatoms. The molecule has 0 aromatic carbocycles. The molecule has 1 aliphatic rings. The minimum atomic E-state index is -0.502. The summed E-state index contributed by atoms with van der Waals surface area (Å²) in [7, 11) is 0. The van der Waals surface area contributed by atoms with Gasteiger partial charge in [-0.15, -0.1) is 0 Å². The van der Waals surface area contributed by atoms with E-state index < -0.39 is 5.60 Å². The lowest BCUT2D eigenvalue weighted by Crippen LogP contribution is -2.44. The Morgan fingerprint density at radius 2 is 2.06 bits per heavy atom. The Kier molecular flexibility index (Phi) is 4.01. The van der Waals surface area contributed by atoms with Gasteiger partial charge < -0.3 is 9.94 Å². The zero-order valence-corrected chi connectivity index (χ0v) is 11.2. The third-order valence-electron chi connectivity index (χ3n) is 2.91. The lowest BCUT2D eigenvalue weighted by atomic mass is 9.99. The van der Waals surface area contributed by atoms with E-state index in [1.54, 1.807) is 11.8 Å². The summed E-state index contributed by atoms with van der Waals surface area (Å²) >= 11 is 0. The van der Waals surface area contributed by atoms with Gasteiger partial charge in [-0.05, 0) is 40.0 Å². The molecule has 1 heterocycles. The van der Waals surface area contributed by atoms with Crippen LogP contribution >= 0.6 is 0 Å². The normalized spacial score (nSPS) is 26.2. The van der Waals surface area contributed by atoms with Crippen LogP contribution in [0.25, 0.3) is 0 Å². The Morgan fingerprint density at radius 1 is 1.47 bits per heavy atom. The molecule has 98 valence electrons. The minimum Gasteiger partial charge on any atom is -0.444 e. The fourth-order valence-corrected chi connectivity index (χ4v) is 2.17. The van der Waals surface area contributed by atoms with Crippen LogP contribution in [0.4, 0.5) is 4.79 Å². The van der Waals surface area contributed by atoms with Gasteiger partial charge >= 0.3 is 6.09 Å². The van der Waals surface area contributed by atoms with Crippen LogP contribution in [-0.4, -0.2) is 40.1 Å². The maximum absolute atomic E-state index is 12.0. The molecular weight excluding hydrogens is 220 g/mol. The number of amides is 1. The van der Waals surface area contributed by atoms with Crippen molar-refractivity contribution in [3.63, 3.8) is 0 Å². The average Bonchev–Trinajstić information content (AvgIpc) is 2.56. The second-order valence-electron chi connectivity index (χ2n) is 5.63. The van der Waals surface area contributed by atoms with E-state index in [2.05, 4.69) is 5.16 Å². The summed E-state index contributed by atoms with van der Waals surface area (Å²) in [5, 5.41) is 12.1. The van der Waals surface area contributed by atoms with Gasteiger partial charge in [0.1, 0.15) is 5.60 Å².